The molecule has 0 heterocycles. The van der Waals surface area contributed by atoms with E-state index in [2.05, 4.69) is 10.1 Å². The molecule has 98 valence electrons. The summed E-state index contributed by atoms with van der Waals surface area (Å²) < 4.78 is 4.61. The molecule has 18 heavy (non-hydrogen) atoms. The van der Waals surface area contributed by atoms with Crippen LogP contribution in [0.15, 0.2) is 30.3 Å². The number of ether oxygens (including phenoxy) is 1. The van der Waals surface area contributed by atoms with Gasteiger partial charge in [0.25, 0.3) is 0 Å². The number of amides is 1. The average Bonchev–Trinajstić information content (AvgIpc) is 2.37. The fraction of sp³-hybridized carbons (Fsp3) is 0.385. The van der Waals surface area contributed by atoms with Crippen molar-refractivity contribution >= 4 is 11.9 Å². The van der Waals surface area contributed by atoms with Crippen molar-refractivity contribution in [3.05, 3.63) is 35.9 Å². The molecule has 1 aromatic carbocycles. The van der Waals surface area contributed by atoms with Crippen molar-refractivity contribution < 1.29 is 14.3 Å². The van der Waals surface area contributed by atoms with Crippen molar-refractivity contribution in [2.24, 2.45) is 5.73 Å². The van der Waals surface area contributed by atoms with Crippen LogP contribution in [0.4, 0.5) is 0 Å². The molecule has 0 radical (unpaired) electrons. The van der Waals surface area contributed by atoms with Crippen molar-refractivity contribution in [2.75, 3.05) is 7.11 Å². The Balaban J connectivity index is 2.75. The number of carbonyl (C=O) groups excluding carboxylic acids is 2. The van der Waals surface area contributed by atoms with Crippen molar-refractivity contribution in [2.45, 2.75) is 25.4 Å². The van der Waals surface area contributed by atoms with Crippen LogP contribution in [0.3, 0.4) is 0 Å². The molecule has 0 aliphatic carbocycles. The number of carbonyl (C=O) groups is 2. The molecule has 0 fully saturated rings. The molecule has 1 atom stereocenters. The molecule has 0 unspecified atom stereocenters. The summed E-state index contributed by atoms with van der Waals surface area (Å²) in [7, 11) is 1.27. The first-order valence-electron chi connectivity index (χ1n) is 5.59. The van der Waals surface area contributed by atoms with Gasteiger partial charge in [0.15, 0.2) is 0 Å². The van der Waals surface area contributed by atoms with E-state index in [1.807, 2.05) is 6.07 Å². The third kappa shape index (κ3) is 3.30. The largest absolute Gasteiger partial charge is 0.467 e. The monoisotopic (exact) mass is 250 g/mol. The molecular weight excluding hydrogens is 232 g/mol. The molecule has 0 saturated heterocycles. The van der Waals surface area contributed by atoms with E-state index in [1.54, 1.807) is 38.1 Å². The minimum absolute atomic E-state index is 0.420. The first-order chi connectivity index (χ1) is 8.38. The standard InChI is InChI=1S/C13H18N2O3/c1-13(2,12(17)18-3)15-11(16)10(14)9-7-5-4-6-8-9/h4-8,10H,14H2,1-3H3,(H,15,16)/t10-/m1/s1. The zero-order valence-corrected chi connectivity index (χ0v) is 10.8. The maximum Gasteiger partial charge on any atom is 0.330 e. The van der Waals surface area contributed by atoms with E-state index in [4.69, 9.17) is 5.73 Å². The summed E-state index contributed by atoms with van der Waals surface area (Å²) in [6.07, 6.45) is 0. The SMILES string of the molecule is COC(=O)C(C)(C)NC(=O)[C@H](N)c1ccccc1. The van der Waals surface area contributed by atoms with Gasteiger partial charge in [-0.15, -0.1) is 0 Å². The maximum absolute atomic E-state index is 11.9. The minimum Gasteiger partial charge on any atom is -0.467 e. The van der Waals surface area contributed by atoms with Crippen LogP contribution in [0.2, 0.25) is 0 Å². The third-order valence-electron chi connectivity index (χ3n) is 2.57. The number of esters is 1. The molecule has 5 nitrogen and oxygen atoms in total. The van der Waals surface area contributed by atoms with Crippen LogP contribution in [0.1, 0.15) is 25.5 Å². The smallest absolute Gasteiger partial charge is 0.330 e. The van der Waals surface area contributed by atoms with E-state index in [1.165, 1.54) is 7.11 Å². The lowest BCUT2D eigenvalue weighted by Gasteiger charge is -2.25. The van der Waals surface area contributed by atoms with Gasteiger partial charge in [-0.2, -0.15) is 0 Å². The zero-order chi connectivity index (χ0) is 13.8. The lowest BCUT2D eigenvalue weighted by Crippen LogP contribution is -2.52. The summed E-state index contributed by atoms with van der Waals surface area (Å²) in [6.45, 7) is 3.13. The Morgan fingerprint density at radius 3 is 2.33 bits per heavy atom. The second-order valence-corrected chi connectivity index (χ2v) is 4.49. The number of nitrogens with one attached hydrogen (secondary N) is 1. The highest BCUT2D eigenvalue weighted by Gasteiger charge is 2.32. The van der Waals surface area contributed by atoms with E-state index in [0.717, 1.165) is 0 Å². The number of benzene rings is 1. The van der Waals surface area contributed by atoms with Crippen LogP contribution < -0.4 is 11.1 Å². The van der Waals surface area contributed by atoms with E-state index >= 15 is 0 Å². The minimum atomic E-state index is -1.10. The molecule has 1 rings (SSSR count). The molecule has 0 saturated carbocycles. The van der Waals surface area contributed by atoms with E-state index < -0.39 is 23.5 Å². The van der Waals surface area contributed by atoms with Crippen molar-refractivity contribution in [1.29, 1.82) is 0 Å². The van der Waals surface area contributed by atoms with E-state index in [0.29, 0.717) is 5.56 Å². The van der Waals surface area contributed by atoms with Gasteiger partial charge in [0.2, 0.25) is 5.91 Å². The number of hydrogen-bond acceptors (Lipinski definition) is 4. The highest BCUT2D eigenvalue weighted by atomic mass is 16.5. The number of hydrogen-bond donors (Lipinski definition) is 2. The Kier molecular flexibility index (Phi) is 4.44. The molecular formula is C13H18N2O3. The number of methoxy groups -OCH3 is 1. The van der Waals surface area contributed by atoms with Gasteiger partial charge in [-0.1, -0.05) is 30.3 Å². The predicted molar refractivity (Wildman–Crippen MR) is 67.6 cm³/mol. The van der Waals surface area contributed by atoms with Gasteiger partial charge in [-0.25, -0.2) is 4.79 Å². The average molecular weight is 250 g/mol. The molecule has 0 spiro atoms. The molecule has 0 bridgehead atoms. The van der Waals surface area contributed by atoms with Crippen LogP contribution in [-0.2, 0) is 14.3 Å². The van der Waals surface area contributed by atoms with Gasteiger partial charge < -0.3 is 15.8 Å². The number of nitrogens with two attached hydrogens (primary N) is 1. The molecule has 0 aromatic heterocycles. The Bertz CT molecular complexity index is 429. The highest BCUT2D eigenvalue weighted by molar-refractivity contribution is 5.90. The third-order valence-corrected chi connectivity index (χ3v) is 2.57. The van der Waals surface area contributed by atoms with Crippen molar-refractivity contribution in [3.8, 4) is 0 Å². The van der Waals surface area contributed by atoms with E-state index in [9.17, 15) is 9.59 Å². The quantitative estimate of drug-likeness (QED) is 0.773. The summed E-state index contributed by atoms with van der Waals surface area (Å²) in [5.41, 5.74) is 5.41. The van der Waals surface area contributed by atoms with Gasteiger partial charge in [0.05, 0.1) is 7.11 Å². The Labute approximate surface area is 106 Å². The first-order valence-corrected chi connectivity index (χ1v) is 5.59. The predicted octanol–water partition coefficient (Wildman–Crippen LogP) is 0.754. The molecule has 3 N–H and O–H groups in total. The Hall–Kier alpha value is -1.88. The fourth-order valence-corrected chi connectivity index (χ4v) is 1.50. The summed E-state index contributed by atoms with van der Waals surface area (Å²) in [5, 5.41) is 2.57. The zero-order valence-electron chi connectivity index (χ0n) is 10.8. The summed E-state index contributed by atoms with van der Waals surface area (Å²) in [6, 6.07) is 8.15. The Morgan fingerprint density at radius 2 is 1.83 bits per heavy atom. The topological polar surface area (TPSA) is 81.4 Å². The second kappa shape index (κ2) is 5.64. The summed E-state index contributed by atoms with van der Waals surface area (Å²) in [4.78, 5) is 23.4. The fourth-order valence-electron chi connectivity index (χ4n) is 1.50. The van der Waals surface area contributed by atoms with Gasteiger partial charge in [-0.05, 0) is 19.4 Å². The van der Waals surface area contributed by atoms with Crippen LogP contribution in [-0.4, -0.2) is 24.5 Å². The second-order valence-electron chi connectivity index (χ2n) is 4.49. The van der Waals surface area contributed by atoms with Crippen LogP contribution >= 0.6 is 0 Å². The van der Waals surface area contributed by atoms with Crippen LogP contribution in [0.25, 0.3) is 0 Å². The van der Waals surface area contributed by atoms with Gasteiger partial charge in [-0.3, -0.25) is 4.79 Å². The van der Waals surface area contributed by atoms with Gasteiger partial charge in [0.1, 0.15) is 11.6 Å². The maximum atomic E-state index is 11.9. The number of rotatable bonds is 4. The van der Waals surface area contributed by atoms with Gasteiger partial charge in [0, 0.05) is 0 Å². The molecule has 5 heteroatoms. The van der Waals surface area contributed by atoms with Crippen LogP contribution in [0, 0.1) is 0 Å². The van der Waals surface area contributed by atoms with Gasteiger partial charge >= 0.3 is 5.97 Å². The molecule has 0 aliphatic rings. The summed E-state index contributed by atoms with van der Waals surface area (Å²) in [5.74, 6) is -0.937. The molecule has 1 aromatic rings. The van der Waals surface area contributed by atoms with Crippen molar-refractivity contribution in [1.82, 2.24) is 5.32 Å². The van der Waals surface area contributed by atoms with Crippen LogP contribution in [0.5, 0.6) is 0 Å². The lowest BCUT2D eigenvalue weighted by atomic mass is 10.0. The Morgan fingerprint density at radius 1 is 1.28 bits per heavy atom. The molecule has 0 aliphatic heterocycles. The molecule has 1 amide bonds. The lowest BCUT2D eigenvalue weighted by molar-refractivity contribution is -0.149. The normalized spacial score (nSPS) is 12.7. The van der Waals surface area contributed by atoms with E-state index in [-0.39, 0.29) is 0 Å². The summed E-state index contributed by atoms with van der Waals surface area (Å²) >= 11 is 0. The first kappa shape index (κ1) is 14.2. The van der Waals surface area contributed by atoms with Crippen molar-refractivity contribution in [3.63, 3.8) is 0 Å². The highest BCUT2D eigenvalue weighted by Crippen LogP contribution is 2.12.